The lowest BCUT2D eigenvalue weighted by Crippen LogP contribution is -2.47. The summed E-state index contributed by atoms with van der Waals surface area (Å²) in [5.41, 5.74) is -0.137. The zero-order valence-electron chi connectivity index (χ0n) is 15.3. The number of esters is 1. The van der Waals surface area contributed by atoms with Gasteiger partial charge in [-0.2, -0.15) is 0 Å². The minimum Gasteiger partial charge on any atom is -0.462 e. The lowest BCUT2D eigenvalue weighted by molar-refractivity contribution is -0.150. The molecule has 0 unspecified atom stereocenters. The summed E-state index contributed by atoms with van der Waals surface area (Å²) in [5.74, 6) is 1.08. The van der Waals surface area contributed by atoms with Crippen molar-refractivity contribution in [3.8, 4) is 0 Å². The highest BCUT2D eigenvalue weighted by Gasteiger charge is 2.48. The molecular formula is C20H28ClN3O2. The van der Waals surface area contributed by atoms with E-state index in [1.165, 1.54) is 19.3 Å². The maximum atomic E-state index is 12.4. The SMILES string of the molecule is O=C1O[C@@H](CCN2CCN(c3ccc(Cl)cn3)CC2)CC12CCCCC2. The van der Waals surface area contributed by atoms with E-state index in [4.69, 9.17) is 16.3 Å². The van der Waals surface area contributed by atoms with Gasteiger partial charge in [0, 0.05) is 45.3 Å². The first-order chi connectivity index (χ1) is 12.6. The summed E-state index contributed by atoms with van der Waals surface area (Å²) >= 11 is 5.92. The number of aromatic nitrogens is 1. The van der Waals surface area contributed by atoms with E-state index < -0.39 is 0 Å². The Morgan fingerprint density at radius 3 is 2.62 bits per heavy atom. The fourth-order valence-electron chi connectivity index (χ4n) is 4.72. The first-order valence-electron chi connectivity index (χ1n) is 9.95. The molecule has 0 aromatic carbocycles. The fourth-order valence-corrected chi connectivity index (χ4v) is 4.83. The molecule has 3 heterocycles. The molecule has 2 aliphatic heterocycles. The summed E-state index contributed by atoms with van der Waals surface area (Å²) in [7, 11) is 0. The van der Waals surface area contributed by atoms with Crippen LogP contribution in [0.3, 0.4) is 0 Å². The maximum absolute atomic E-state index is 12.4. The van der Waals surface area contributed by atoms with Crippen LogP contribution in [0.25, 0.3) is 0 Å². The average Bonchev–Trinajstić information content (AvgIpc) is 2.97. The second-order valence-electron chi connectivity index (χ2n) is 8.02. The van der Waals surface area contributed by atoms with Crippen molar-refractivity contribution in [3.63, 3.8) is 0 Å². The van der Waals surface area contributed by atoms with Gasteiger partial charge in [-0.25, -0.2) is 4.98 Å². The Labute approximate surface area is 160 Å². The van der Waals surface area contributed by atoms with Crippen molar-refractivity contribution in [2.75, 3.05) is 37.6 Å². The quantitative estimate of drug-likeness (QED) is 0.751. The van der Waals surface area contributed by atoms with Crippen LogP contribution in [0.5, 0.6) is 0 Å². The summed E-state index contributed by atoms with van der Waals surface area (Å²) in [5, 5.41) is 0.675. The van der Waals surface area contributed by atoms with Crippen LogP contribution in [0.15, 0.2) is 18.3 Å². The van der Waals surface area contributed by atoms with Crippen LogP contribution in [-0.2, 0) is 9.53 Å². The highest BCUT2D eigenvalue weighted by atomic mass is 35.5. The number of hydrogen-bond donors (Lipinski definition) is 0. The topological polar surface area (TPSA) is 45.7 Å². The molecule has 26 heavy (non-hydrogen) atoms. The van der Waals surface area contributed by atoms with Crippen molar-refractivity contribution in [2.24, 2.45) is 5.41 Å². The van der Waals surface area contributed by atoms with Gasteiger partial charge in [0.1, 0.15) is 11.9 Å². The minimum absolute atomic E-state index is 0.0841. The van der Waals surface area contributed by atoms with Crippen LogP contribution >= 0.6 is 11.6 Å². The third kappa shape index (κ3) is 3.84. The van der Waals surface area contributed by atoms with Gasteiger partial charge in [-0.05, 0) is 31.4 Å². The van der Waals surface area contributed by atoms with Gasteiger partial charge in [-0.3, -0.25) is 9.69 Å². The highest BCUT2D eigenvalue weighted by Crippen LogP contribution is 2.46. The number of anilines is 1. The minimum atomic E-state index is -0.137. The molecule has 0 amide bonds. The normalized spacial score (nSPS) is 26.3. The third-order valence-corrected chi connectivity index (χ3v) is 6.53. The molecule has 1 saturated carbocycles. The molecule has 0 N–H and O–H groups in total. The van der Waals surface area contributed by atoms with Crippen LogP contribution in [0.4, 0.5) is 5.82 Å². The molecule has 1 aromatic heterocycles. The summed E-state index contributed by atoms with van der Waals surface area (Å²) < 4.78 is 5.75. The zero-order valence-corrected chi connectivity index (χ0v) is 16.1. The first-order valence-corrected chi connectivity index (χ1v) is 10.3. The van der Waals surface area contributed by atoms with Gasteiger partial charge in [0.05, 0.1) is 10.4 Å². The molecule has 0 bridgehead atoms. The Morgan fingerprint density at radius 2 is 1.92 bits per heavy atom. The Bertz CT molecular complexity index is 622. The predicted octanol–water partition coefficient (Wildman–Crippen LogP) is 3.51. The lowest BCUT2D eigenvalue weighted by atomic mass is 9.72. The average molecular weight is 378 g/mol. The molecule has 6 heteroatoms. The number of rotatable bonds is 4. The molecule has 0 radical (unpaired) electrons. The molecule has 3 aliphatic rings. The fraction of sp³-hybridized carbons (Fsp3) is 0.700. The van der Waals surface area contributed by atoms with E-state index in [0.717, 1.165) is 64.2 Å². The Balaban J connectivity index is 1.23. The number of hydrogen-bond acceptors (Lipinski definition) is 5. The number of pyridine rings is 1. The van der Waals surface area contributed by atoms with E-state index in [1.807, 2.05) is 12.1 Å². The molecule has 1 aliphatic carbocycles. The van der Waals surface area contributed by atoms with Gasteiger partial charge in [0.25, 0.3) is 0 Å². The first kappa shape index (κ1) is 18.1. The molecular weight excluding hydrogens is 350 g/mol. The van der Waals surface area contributed by atoms with Gasteiger partial charge in [0.15, 0.2) is 0 Å². The zero-order chi connectivity index (χ0) is 18.0. The summed E-state index contributed by atoms with van der Waals surface area (Å²) in [4.78, 5) is 21.6. The standard InChI is InChI=1S/C20H28ClN3O2/c21-16-4-5-18(22-15-16)24-12-10-23(11-13-24)9-6-17-14-20(19(25)26-17)7-2-1-3-8-20/h4-5,15,17H,1-3,6-14H2/t17-/m0/s1. The van der Waals surface area contributed by atoms with Crippen LogP contribution in [0.2, 0.25) is 5.02 Å². The van der Waals surface area contributed by atoms with E-state index in [0.29, 0.717) is 5.02 Å². The van der Waals surface area contributed by atoms with Crippen molar-refractivity contribution >= 4 is 23.4 Å². The van der Waals surface area contributed by atoms with Gasteiger partial charge in [0.2, 0.25) is 0 Å². The van der Waals surface area contributed by atoms with Crippen molar-refractivity contribution in [1.29, 1.82) is 0 Å². The maximum Gasteiger partial charge on any atom is 0.312 e. The van der Waals surface area contributed by atoms with E-state index >= 15 is 0 Å². The number of carbonyl (C=O) groups is 1. The molecule has 4 rings (SSSR count). The predicted molar refractivity (Wildman–Crippen MR) is 103 cm³/mol. The van der Waals surface area contributed by atoms with E-state index in [9.17, 15) is 4.79 Å². The van der Waals surface area contributed by atoms with Gasteiger partial charge in [-0.1, -0.05) is 30.9 Å². The van der Waals surface area contributed by atoms with Gasteiger partial charge >= 0.3 is 5.97 Å². The molecule has 2 saturated heterocycles. The van der Waals surface area contributed by atoms with Crippen molar-refractivity contribution in [2.45, 2.75) is 51.0 Å². The number of ether oxygens (including phenoxy) is 1. The molecule has 3 fully saturated rings. The third-order valence-electron chi connectivity index (χ3n) is 6.31. The Kier molecular flexibility index (Phi) is 5.37. The highest BCUT2D eigenvalue weighted by molar-refractivity contribution is 6.30. The van der Waals surface area contributed by atoms with Crippen LogP contribution < -0.4 is 4.90 Å². The van der Waals surface area contributed by atoms with Gasteiger partial charge in [-0.15, -0.1) is 0 Å². The number of carbonyl (C=O) groups excluding carboxylic acids is 1. The number of halogens is 1. The smallest absolute Gasteiger partial charge is 0.312 e. The number of cyclic esters (lactones) is 1. The second kappa shape index (κ2) is 7.73. The van der Waals surface area contributed by atoms with Gasteiger partial charge < -0.3 is 9.64 Å². The molecule has 1 spiro atoms. The second-order valence-corrected chi connectivity index (χ2v) is 8.46. The molecule has 1 aromatic rings. The van der Waals surface area contributed by atoms with E-state index in [1.54, 1.807) is 6.20 Å². The molecule has 142 valence electrons. The van der Waals surface area contributed by atoms with Crippen molar-refractivity contribution in [1.82, 2.24) is 9.88 Å². The number of piperazine rings is 1. The van der Waals surface area contributed by atoms with E-state index in [-0.39, 0.29) is 17.5 Å². The van der Waals surface area contributed by atoms with Crippen LogP contribution in [-0.4, -0.2) is 54.7 Å². The lowest BCUT2D eigenvalue weighted by Gasteiger charge is -2.35. The largest absolute Gasteiger partial charge is 0.462 e. The van der Waals surface area contributed by atoms with Crippen molar-refractivity contribution in [3.05, 3.63) is 23.4 Å². The Morgan fingerprint density at radius 1 is 1.15 bits per heavy atom. The Hall–Kier alpha value is -1.33. The number of nitrogens with zero attached hydrogens (tertiary/aromatic N) is 3. The molecule has 5 nitrogen and oxygen atoms in total. The van der Waals surface area contributed by atoms with Crippen LogP contribution in [0, 0.1) is 5.41 Å². The van der Waals surface area contributed by atoms with Crippen molar-refractivity contribution < 1.29 is 9.53 Å². The van der Waals surface area contributed by atoms with E-state index in [2.05, 4.69) is 14.8 Å². The van der Waals surface area contributed by atoms with Crippen LogP contribution in [0.1, 0.15) is 44.9 Å². The monoisotopic (exact) mass is 377 g/mol. The summed E-state index contributed by atoms with van der Waals surface area (Å²) in [6, 6.07) is 3.88. The summed E-state index contributed by atoms with van der Waals surface area (Å²) in [6.07, 6.45) is 9.45. The molecule has 1 atom stereocenters. The summed E-state index contributed by atoms with van der Waals surface area (Å²) in [6.45, 7) is 5.01.